The molecule has 0 radical (unpaired) electrons. The quantitative estimate of drug-likeness (QED) is 0.858. The number of amides is 2. The van der Waals surface area contributed by atoms with Gasteiger partial charge in [0.05, 0.1) is 0 Å². The summed E-state index contributed by atoms with van der Waals surface area (Å²) < 4.78 is 10.6. The minimum atomic E-state index is -0.0323. The molecule has 140 valence electrons. The van der Waals surface area contributed by atoms with Crippen LogP contribution in [0.5, 0.6) is 11.5 Å². The molecular weight excluding hydrogens is 334 g/mol. The lowest BCUT2D eigenvalue weighted by Crippen LogP contribution is -2.52. The molecule has 7 nitrogen and oxygen atoms in total. The maximum atomic E-state index is 12.7. The zero-order valence-corrected chi connectivity index (χ0v) is 14.9. The second kappa shape index (κ2) is 7.15. The lowest BCUT2D eigenvalue weighted by Gasteiger charge is -2.37. The Balaban J connectivity index is 1.34. The second-order valence-electron chi connectivity index (χ2n) is 7.31. The third-order valence-corrected chi connectivity index (χ3v) is 5.56. The Kier molecular flexibility index (Phi) is 4.72. The number of piperazine rings is 1. The van der Waals surface area contributed by atoms with Gasteiger partial charge in [-0.05, 0) is 37.5 Å². The van der Waals surface area contributed by atoms with E-state index in [4.69, 9.17) is 15.2 Å². The zero-order valence-electron chi connectivity index (χ0n) is 14.9. The van der Waals surface area contributed by atoms with Gasteiger partial charge < -0.3 is 25.0 Å². The largest absolute Gasteiger partial charge is 0.454 e. The first kappa shape index (κ1) is 17.1. The number of nitrogens with two attached hydrogens (primary N) is 1. The summed E-state index contributed by atoms with van der Waals surface area (Å²) in [4.78, 5) is 29.1. The first-order valence-corrected chi connectivity index (χ1v) is 9.35. The normalized spacial score (nSPS) is 25.3. The van der Waals surface area contributed by atoms with E-state index in [1.54, 1.807) is 23.1 Å². The van der Waals surface area contributed by atoms with E-state index in [1.165, 1.54) is 0 Å². The van der Waals surface area contributed by atoms with Gasteiger partial charge in [0, 0.05) is 43.7 Å². The number of hydrogen-bond acceptors (Lipinski definition) is 5. The maximum Gasteiger partial charge on any atom is 0.254 e. The van der Waals surface area contributed by atoms with Gasteiger partial charge in [-0.2, -0.15) is 0 Å². The Hall–Kier alpha value is -2.28. The third-order valence-electron chi connectivity index (χ3n) is 5.56. The van der Waals surface area contributed by atoms with E-state index >= 15 is 0 Å². The minimum absolute atomic E-state index is 0.0323. The predicted octanol–water partition coefficient (Wildman–Crippen LogP) is 1.22. The highest BCUT2D eigenvalue weighted by atomic mass is 16.7. The Bertz CT molecular complexity index is 700. The lowest BCUT2D eigenvalue weighted by molar-refractivity contribution is -0.138. The van der Waals surface area contributed by atoms with Crippen LogP contribution in [0, 0.1) is 5.92 Å². The topological polar surface area (TPSA) is 85.1 Å². The summed E-state index contributed by atoms with van der Waals surface area (Å²) in [6.07, 6.45) is 3.76. The SMILES string of the molecule is NC1CCCC(C(=O)N2CCN(C(=O)c3ccc4c(c3)OCO4)CC2)C1. The van der Waals surface area contributed by atoms with E-state index in [1.807, 2.05) is 4.90 Å². The average molecular weight is 359 g/mol. The van der Waals surface area contributed by atoms with Crippen LogP contribution >= 0.6 is 0 Å². The van der Waals surface area contributed by atoms with Crippen molar-refractivity contribution in [2.24, 2.45) is 11.7 Å². The molecule has 2 N–H and O–H groups in total. The van der Waals surface area contributed by atoms with Crippen molar-refractivity contribution in [2.75, 3.05) is 33.0 Å². The van der Waals surface area contributed by atoms with Crippen molar-refractivity contribution < 1.29 is 19.1 Å². The molecule has 2 aliphatic heterocycles. The molecule has 26 heavy (non-hydrogen) atoms. The van der Waals surface area contributed by atoms with Gasteiger partial charge in [-0.3, -0.25) is 9.59 Å². The number of carbonyl (C=O) groups excluding carboxylic acids is 2. The number of rotatable bonds is 2. The molecule has 0 bridgehead atoms. The van der Waals surface area contributed by atoms with Gasteiger partial charge in [0.15, 0.2) is 11.5 Å². The second-order valence-corrected chi connectivity index (χ2v) is 7.31. The van der Waals surface area contributed by atoms with Crippen molar-refractivity contribution in [2.45, 2.75) is 31.7 Å². The number of carbonyl (C=O) groups is 2. The average Bonchev–Trinajstić information content (AvgIpc) is 3.15. The van der Waals surface area contributed by atoms with Gasteiger partial charge in [0.1, 0.15) is 0 Å². The Morgan fingerprint density at radius 3 is 2.50 bits per heavy atom. The molecule has 2 unspecified atom stereocenters. The van der Waals surface area contributed by atoms with Gasteiger partial charge in [0.25, 0.3) is 5.91 Å². The van der Waals surface area contributed by atoms with Crippen LogP contribution in [0.3, 0.4) is 0 Å². The van der Waals surface area contributed by atoms with E-state index in [-0.39, 0.29) is 30.6 Å². The summed E-state index contributed by atoms with van der Waals surface area (Å²) in [6.45, 7) is 2.47. The molecule has 2 atom stereocenters. The van der Waals surface area contributed by atoms with E-state index < -0.39 is 0 Å². The lowest BCUT2D eigenvalue weighted by atomic mass is 9.85. The number of nitrogens with zero attached hydrogens (tertiary/aromatic N) is 2. The van der Waals surface area contributed by atoms with E-state index in [0.29, 0.717) is 43.2 Å². The molecule has 7 heteroatoms. The summed E-state index contributed by atoms with van der Waals surface area (Å²) in [6, 6.07) is 5.40. The van der Waals surface area contributed by atoms with Crippen LogP contribution in [0.25, 0.3) is 0 Å². The van der Waals surface area contributed by atoms with Crippen LogP contribution in [0.4, 0.5) is 0 Å². The van der Waals surface area contributed by atoms with Crippen LogP contribution in [0.2, 0.25) is 0 Å². The molecular formula is C19H25N3O4. The van der Waals surface area contributed by atoms with Crippen LogP contribution in [0.1, 0.15) is 36.0 Å². The fourth-order valence-electron chi connectivity index (χ4n) is 4.05. The smallest absolute Gasteiger partial charge is 0.254 e. The summed E-state index contributed by atoms with van der Waals surface area (Å²) in [5.41, 5.74) is 6.60. The number of fused-ring (bicyclic) bond motifs is 1. The number of benzene rings is 1. The van der Waals surface area contributed by atoms with Crippen LogP contribution in [0.15, 0.2) is 18.2 Å². The van der Waals surface area contributed by atoms with Gasteiger partial charge in [-0.25, -0.2) is 0 Å². The van der Waals surface area contributed by atoms with Gasteiger partial charge >= 0.3 is 0 Å². The standard InChI is InChI=1S/C19H25N3O4/c20-15-3-1-2-13(10-15)18(23)21-6-8-22(9-7-21)19(24)14-4-5-16-17(11-14)26-12-25-16/h4-5,11,13,15H,1-3,6-10,12,20H2. The maximum absolute atomic E-state index is 12.7. The molecule has 4 rings (SSSR count). The van der Waals surface area contributed by atoms with Gasteiger partial charge in [0.2, 0.25) is 12.7 Å². The molecule has 1 saturated carbocycles. The Morgan fingerprint density at radius 2 is 1.73 bits per heavy atom. The molecule has 2 heterocycles. The molecule has 1 aromatic rings. The minimum Gasteiger partial charge on any atom is -0.454 e. The summed E-state index contributed by atoms with van der Waals surface area (Å²) in [5, 5.41) is 0. The first-order chi connectivity index (χ1) is 12.6. The fourth-order valence-corrected chi connectivity index (χ4v) is 4.05. The highest BCUT2D eigenvalue weighted by molar-refractivity contribution is 5.95. The highest BCUT2D eigenvalue weighted by Gasteiger charge is 2.32. The molecule has 3 aliphatic rings. The van der Waals surface area contributed by atoms with Crippen molar-refractivity contribution in [3.05, 3.63) is 23.8 Å². The van der Waals surface area contributed by atoms with Crippen LogP contribution < -0.4 is 15.2 Å². The van der Waals surface area contributed by atoms with E-state index in [9.17, 15) is 9.59 Å². The van der Waals surface area contributed by atoms with Gasteiger partial charge in [-0.15, -0.1) is 0 Å². The summed E-state index contributed by atoms with van der Waals surface area (Å²) in [7, 11) is 0. The molecule has 2 fully saturated rings. The molecule has 1 aromatic carbocycles. The van der Waals surface area contributed by atoms with Gasteiger partial charge in [-0.1, -0.05) is 6.42 Å². The highest BCUT2D eigenvalue weighted by Crippen LogP contribution is 2.33. The monoisotopic (exact) mass is 359 g/mol. The summed E-state index contributed by atoms with van der Waals surface area (Å²) in [5.74, 6) is 1.50. The molecule has 1 aliphatic carbocycles. The molecule has 2 amide bonds. The number of ether oxygens (including phenoxy) is 2. The van der Waals surface area contributed by atoms with Crippen molar-refractivity contribution >= 4 is 11.8 Å². The zero-order chi connectivity index (χ0) is 18.1. The molecule has 0 spiro atoms. The van der Waals surface area contributed by atoms with E-state index in [2.05, 4.69) is 0 Å². The molecule has 1 saturated heterocycles. The first-order valence-electron chi connectivity index (χ1n) is 9.35. The van der Waals surface area contributed by atoms with Crippen molar-refractivity contribution in [3.63, 3.8) is 0 Å². The van der Waals surface area contributed by atoms with Crippen molar-refractivity contribution in [3.8, 4) is 11.5 Å². The molecule has 0 aromatic heterocycles. The fraction of sp³-hybridized carbons (Fsp3) is 0.579. The van der Waals surface area contributed by atoms with Crippen LogP contribution in [-0.2, 0) is 4.79 Å². The third kappa shape index (κ3) is 3.35. The van der Waals surface area contributed by atoms with E-state index in [0.717, 1.165) is 25.7 Å². The summed E-state index contributed by atoms with van der Waals surface area (Å²) >= 11 is 0. The van der Waals surface area contributed by atoms with Crippen molar-refractivity contribution in [1.29, 1.82) is 0 Å². The van der Waals surface area contributed by atoms with Crippen molar-refractivity contribution in [1.82, 2.24) is 9.80 Å². The van der Waals surface area contributed by atoms with Crippen LogP contribution in [-0.4, -0.2) is 60.6 Å². The Morgan fingerprint density at radius 1 is 1.00 bits per heavy atom. The predicted molar refractivity (Wildman–Crippen MR) is 95.0 cm³/mol. The number of hydrogen-bond donors (Lipinski definition) is 1. The Labute approximate surface area is 153 Å².